The van der Waals surface area contributed by atoms with Gasteiger partial charge in [0.2, 0.25) is 11.8 Å². The average Bonchev–Trinajstić information content (AvgIpc) is 3.56. The number of halogens is 3. The highest BCUT2D eigenvalue weighted by Crippen LogP contribution is 2.49. The number of carbonyl (C=O) groups is 3. The molecule has 4 fully saturated rings. The van der Waals surface area contributed by atoms with Gasteiger partial charge in [0.25, 0.3) is 5.91 Å². The van der Waals surface area contributed by atoms with Gasteiger partial charge in [-0.2, -0.15) is 0 Å². The Hall–Kier alpha value is -5.56. The molecule has 0 saturated carbocycles. The van der Waals surface area contributed by atoms with E-state index < -0.39 is 35.4 Å². The third kappa shape index (κ3) is 6.94. The fourth-order valence-electron chi connectivity index (χ4n) is 10.8. The molecule has 6 aliphatic heterocycles. The number of imide groups is 1. The molecule has 4 aromatic rings. The van der Waals surface area contributed by atoms with E-state index in [-0.39, 0.29) is 47.4 Å². The Balaban J connectivity index is 0.727. The molecule has 4 aromatic carbocycles. The van der Waals surface area contributed by atoms with E-state index in [1.807, 2.05) is 24.3 Å². The van der Waals surface area contributed by atoms with Gasteiger partial charge in [0.05, 0.1) is 12.3 Å². The van der Waals surface area contributed by atoms with Gasteiger partial charge in [-0.3, -0.25) is 19.7 Å². The molecule has 3 amide bonds. The summed E-state index contributed by atoms with van der Waals surface area (Å²) in [7, 11) is 0. The number of hydrogen-bond acceptors (Lipinski definition) is 8. The van der Waals surface area contributed by atoms with E-state index in [9.17, 15) is 23.9 Å². The van der Waals surface area contributed by atoms with Crippen molar-refractivity contribution < 1.29 is 37.4 Å². The maximum absolute atomic E-state index is 16.1. The number of nitrogens with one attached hydrogen (secondary N) is 1. The second-order valence-corrected chi connectivity index (χ2v) is 17.8. The third-order valence-electron chi connectivity index (χ3n) is 14.2. The van der Waals surface area contributed by atoms with Crippen LogP contribution in [0.5, 0.6) is 11.5 Å². The maximum atomic E-state index is 16.1. The largest absolute Gasteiger partial charge is 0.508 e. The lowest BCUT2D eigenvalue weighted by atomic mass is 9.71. The zero-order valence-corrected chi connectivity index (χ0v) is 33.3. The number of amides is 3. The molecule has 1 spiro atoms. The molecule has 4 saturated heterocycles. The molecule has 10 nitrogen and oxygen atoms in total. The van der Waals surface area contributed by atoms with Crippen molar-refractivity contribution in [2.75, 3.05) is 62.2 Å². The first-order valence-electron chi connectivity index (χ1n) is 21.2. The number of anilines is 2. The number of nitrogens with zero attached hydrogens (tertiary/aromatic N) is 4. The second kappa shape index (κ2) is 15.2. The summed E-state index contributed by atoms with van der Waals surface area (Å²) >= 11 is 0. The van der Waals surface area contributed by atoms with Gasteiger partial charge in [-0.15, -0.1) is 0 Å². The Labute approximate surface area is 346 Å². The Kier molecular flexibility index (Phi) is 9.76. The van der Waals surface area contributed by atoms with Gasteiger partial charge in [-0.25, -0.2) is 13.2 Å². The molecular weight excluding hydrogens is 772 g/mol. The van der Waals surface area contributed by atoms with E-state index in [4.69, 9.17) is 4.74 Å². The first-order chi connectivity index (χ1) is 29.0. The summed E-state index contributed by atoms with van der Waals surface area (Å²) in [6.07, 6.45) is 4.80. The minimum Gasteiger partial charge on any atom is -0.508 e. The van der Waals surface area contributed by atoms with Crippen LogP contribution in [0.2, 0.25) is 0 Å². The number of carbonyl (C=O) groups excluding carboxylic acids is 3. The Bertz CT molecular complexity index is 2370. The number of phenols is 1. The predicted molar refractivity (Wildman–Crippen MR) is 219 cm³/mol. The molecule has 0 bridgehead atoms. The monoisotopic (exact) mass is 819 g/mol. The Morgan fingerprint density at radius 1 is 0.817 bits per heavy atom. The van der Waals surface area contributed by atoms with Crippen molar-refractivity contribution in [2.24, 2.45) is 11.3 Å². The Morgan fingerprint density at radius 3 is 2.38 bits per heavy atom. The molecular formula is C47H48F3N5O5. The van der Waals surface area contributed by atoms with Crippen LogP contribution in [0.3, 0.4) is 0 Å². The van der Waals surface area contributed by atoms with Crippen molar-refractivity contribution in [3.63, 3.8) is 0 Å². The Morgan fingerprint density at radius 2 is 1.62 bits per heavy atom. The van der Waals surface area contributed by atoms with Crippen molar-refractivity contribution in [1.29, 1.82) is 0 Å². The minimum atomic E-state index is -0.945. The first-order valence-corrected chi connectivity index (χ1v) is 21.2. The van der Waals surface area contributed by atoms with Crippen molar-refractivity contribution in [2.45, 2.75) is 62.9 Å². The van der Waals surface area contributed by atoms with Crippen molar-refractivity contribution >= 4 is 29.1 Å². The van der Waals surface area contributed by atoms with E-state index in [0.29, 0.717) is 47.0 Å². The van der Waals surface area contributed by atoms with E-state index in [0.717, 1.165) is 88.8 Å². The number of hydrogen-bond donors (Lipinski definition) is 2. The van der Waals surface area contributed by atoms with Crippen LogP contribution in [0.15, 0.2) is 72.8 Å². The van der Waals surface area contributed by atoms with Crippen LogP contribution >= 0.6 is 0 Å². The maximum Gasteiger partial charge on any atom is 0.255 e. The summed E-state index contributed by atoms with van der Waals surface area (Å²) in [6.45, 7) is 7.05. The summed E-state index contributed by atoms with van der Waals surface area (Å²) in [5, 5.41) is 12.5. The summed E-state index contributed by atoms with van der Waals surface area (Å²) in [5.74, 6) is -3.19. The minimum absolute atomic E-state index is 0.0270. The lowest BCUT2D eigenvalue weighted by Gasteiger charge is -2.55. The number of likely N-dealkylation sites (tertiary alicyclic amines) is 1. The van der Waals surface area contributed by atoms with Gasteiger partial charge in [0.15, 0.2) is 11.6 Å². The van der Waals surface area contributed by atoms with Crippen LogP contribution in [0.4, 0.5) is 24.5 Å². The number of aromatic hydroxyl groups is 1. The average molecular weight is 820 g/mol. The number of benzene rings is 4. The number of ether oxygens (including phenoxy) is 1. The molecule has 60 heavy (non-hydrogen) atoms. The van der Waals surface area contributed by atoms with Crippen LogP contribution in [0.1, 0.15) is 83.0 Å². The molecule has 3 atom stereocenters. The molecule has 6 heterocycles. The van der Waals surface area contributed by atoms with Crippen molar-refractivity contribution in [1.82, 2.24) is 15.1 Å². The number of piperidine rings is 3. The number of rotatable bonds is 7. The summed E-state index contributed by atoms with van der Waals surface area (Å²) < 4.78 is 51.5. The molecule has 0 aliphatic carbocycles. The molecule has 0 aromatic heterocycles. The number of fused-ring (bicyclic) bond motifs is 2. The van der Waals surface area contributed by atoms with Gasteiger partial charge in [-0.05, 0) is 110 Å². The van der Waals surface area contributed by atoms with Crippen LogP contribution in [0.25, 0.3) is 0 Å². The number of phenolic OH excluding ortho intramolecular Hbond substituents is 1. The van der Waals surface area contributed by atoms with E-state index in [2.05, 4.69) is 26.1 Å². The third-order valence-corrected chi connectivity index (χ3v) is 14.2. The standard InChI is InChI=1S/C47H48F3N5O5/c48-37-3-1-2-34(44(37)50)36-25-60-41-22-32(56)6-8-35(41)43(36)29-4-9-39(38(49)21-29)53-16-12-28(13-17-53)23-52-18-14-47(15-19-52)26-54(27-47)31-5-7-33-30(20-31)24-55(46(33)59)40-10-11-42(57)51-45(40)58/h1-9,20-22,28,36,40,43,56H,10-19,23-27H2,(H,51,57,58)/t36-,40?,43-/m1/s1. The highest BCUT2D eigenvalue weighted by atomic mass is 19.2. The summed E-state index contributed by atoms with van der Waals surface area (Å²) in [4.78, 5) is 46.0. The van der Waals surface area contributed by atoms with Gasteiger partial charge in [0.1, 0.15) is 23.4 Å². The van der Waals surface area contributed by atoms with Crippen LogP contribution in [-0.4, -0.2) is 91.1 Å². The highest BCUT2D eigenvalue weighted by molar-refractivity contribution is 6.05. The van der Waals surface area contributed by atoms with Gasteiger partial charge >= 0.3 is 0 Å². The molecule has 10 rings (SSSR count). The van der Waals surface area contributed by atoms with Gasteiger partial charge in [0, 0.05) is 85.8 Å². The fraction of sp³-hybridized carbons (Fsp3) is 0.426. The van der Waals surface area contributed by atoms with Gasteiger partial charge in [-0.1, -0.05) is 24.3 Å². The molecule has 6 aliphatic rings. The van der Waals surface area contributed by atoms with E-state index in [1.165, 1.54) is 24.3 Å². The van der Waals surface area contributed by atoms with E-state index >= 15 is 8.78 Å². The molecule has 2 N–H and O–H groups in total. The smallest absolute Gasteiger partial charge is 0.255 e. The van der Waals surface area contributed by atoms with Crippen LogP contribution in [0, 0.1) is 28.8 Å². The quantitative estimate of drug-likeness (QED) is 0.199. The van der Waals surface area contributed by atoms with E-state index in [1.54, 1.807) is 17.0 Å². The molecule has 1 unspecified atom stereocenters. The lowest BCUT2D eigenvalue weighted by molar-refractivity contribution is -0.136. The zero-order valence-electron chi connectivity index (χ0n) is 33.3. The molecule has 0 radical (unpaired) electrons. The SMILES string of the molecule is O=C1CCC(N2Cc3cc(N4CC5(CCN(CC6CCN(c7ccc([C@@H]8c9ccc(O)cc9OC[C@@H]8c8cccc(F)c8F)cc7F)CC6)CC5)C4)ccc3C2=O)C(=O)N1. The topological polar surface area (TPSA) is 106 Å². The fourth-order valence-corrected chi connectivity index (χ4v) is 10.8. The lowest BCUT2D eigenvalue weighted by Crippen LogP contribution is -2.60. The second-order valence-electron chi connectivity index (χ2n) is 17.8. The van der Waals surface area contributed by atoms with Crippen molar-refractivity contribution in [3.8, 4) is 11.5 Å². The zero-order chi connectivity index (χ0) is 41.3. The highest BCUT2D eigenvalue weighted by Gasteiger charge is 2.46. The molecule has 13 heteroatoms. The summed E-state index contributed by atoms with van der Waals surface area (Å²) in [6, 6.07) is 19.4. The summed E-state index contributed by atoms with van der Waals surface area (Å²) in [5.41, 5.74) is 4.99. The first kappa shape index (κ1) is 38.6. The molecule has 312 valence electrons. The van der Waals surface area contributed by atoms with Crippen molar-refractivity contribution in [3.05, 3.63) is 118 Å². The van der Waals surface area contributed by atoms with Gasteiger partial charge < -0.3 is 29.4 Å². The van der Waals surface area contributed by atoms with Crippen LogP contribution in [-0.2, 0) is 16.1 Å². The predicted octanol–water partition coefficient (Wildman–Crippen LogP) is 6.70. The van der Waals surface area contributed by atoms with Crippen LogP contribution < -0.4 is 19.9 Å². The normalized spacial score (nSPS) is 24.2.